The number of carbonyl (C=O) groups is 1. The third-order valence-electron chi connectivity index (χ3n) is 4.34. The van der Waals surface area contributed by atoms with Crippen LogP contribution in [0.15, 0.2) is 40.5 Å². The molecule has 0 radical (unpaired) electrons. The second-order valence-electron chi connectivity index (χ2n) is 5.87. The summed E-state index contributed by atoms with van der Waals surface area (Å²) in [5, 5.41) is 13.3. The topological polar surface area (TPSA) is 73.0 Å². The average molecular weight is 342 g/mol. The predicted molar refractivity (Wildman–Crippen MR) is 90.2 cm³/mol. The minimum Gasteiger partial charge on any atom is -0.360 e. The standard InChI is InChI=1S/C17H18N4O2S/c22-17(16-12-5-1-2-6-14(12)23-20-16)18-11-13(15-7-3-10-24-15)21-9-4-8-19-21/h3-4,7-10,13H,1-2,5-6,11H2,(H,18,22). The van der Waals surface area contributed by atoms with Crippen LogP contribution in [0, 0.1) is 0 Å². The van der Waals surface area contributed by atoms with Crippen LogP contribution < -0.4 is 5.32 Å². The number of thiophene rings is 1. The third-order valence-corrected chi connectivity index (χ3v) is 5.31. The largest absolute Gasteiger partial charge is 0.360 e. The molecule has 0 aliphatic heterocycles. The van der Waals surface area contributed by atoms with E-state index in [1.165, 1.54) is 0 Å². The highest BCUT2D eigenvalue weighted by Gasteiger charge is 2.25. The summed E-state index contributed by atoms with van der Waals surface area (Å²) in [6, 6.07) is 5.93. The molecule has 1 unspecified atom stereocenters. The second-order valence-corrected chi connectivity index (χ2v) is 6.85. The molecule has 1 aliphatic rings. The molecule has 1 amide bonds. The molecule has 3 aromatic heterocycles. The third kappa shape index (κ3) is 2.87. The summed E-state index contributed by atoms with van der Waals surface area (Å²) in [6.45, 7) is 0.461. The Morgan fingerprint density at radius 1 is 1.38 bits per heavy atom. The molecule has 0 spiro atoms. The Morgan fingerprint density at radius 3 is 3.08 bits per heavy atom. The molecule has 0 aromatic carbocycles. The first-order valence-corrected chi connectivity index (χ1v) is 8.99. The van der Waals surface area contributed by atoms with Gasteiger partial charge in [-0.05, 0) is 36.8 Å². The van der Waals surface area contributed by atoms with Gasteiger partial charge >= 0.3 is 0 Å². The van der Waals surface area contributed by atoms with Gasteiger partial charge in [-0.1, -0.05) is 11.2 Å². The van der Waals surface area contributed by atoms with E-state index in [-0.39, 0.29) is 11.9 Å². The number of aryl methyl sites for hydroxylation is 1. The molecule has 0 saturated carbocycles. The van der Waals surface area contributed by atoms with Crippen LogP contribution in [0.3, 0.4) is 0 Å². The van der Waals surface area contributed by atoms with Gasteiger partial charge in [-0.3, -0.25) is 9.48 Å². The number of aromatic nitrogens is 3. The summed E-state index contributed by atoms with van der Waals surface area (Å²) in [6.07, 6.45) is 7.59. The Balaban J connectivity index is 1.50. The van der Waals surface area contributed by atoms with Crippen LogP contribution in [0.25, 0.3) is 0 Å². The van der Waals surface area contributed by atoms with E-state index in [9.17, 15) is 4.79 Å². The quantitative estimate of drug-likeness (QED) is 0.774. The lowest BCUT2D eigenvalue weighted by atomic mass is 9.96. The molecule has 7 heteroatoms. The van der Waals surface area contributed by atoms with Gasteiger partial charge in [0.15, 0.2) is 5.69 Å². The Labute approximate surface area is 143 Å². The highest BCUT2D eigenvalue weighted by molar-refractivity contribution is 7.10. The van der Waals surface area contributed by atoms with Crippen molar-refractivity contribution in [3.8, 4) is 0 Å². The average Bonchev–Trinajstić information content (AvgIpc) is 3.36. The summed E-state index contributed by atoms with van der Waals surface area (Å²) in [5.74, 6) is 0.698. The zero-order valence-electron chi connectivity index (χ0n) is 13.1. The van der Waals surface area contributed by atoms with Crippen molar-refractivity contribution in [2.45, 2.75) is 31.7 Å². The second kappa shape index (κ2) is 6.60. The number of fused-ring (bicyclic) bond motifs is 1. The normalized spacial score (nSPS) is 15.0. The molecule has 0 fully saturated rings. The first-order chi connectivity index (χ1) is 11.8. The van der Waals surface area contributed by atoms with E-state index in [4.69, 9.17) is 4.52 Å². The van der Waals surface area contributed by atoms with Gasteiger partial charge in [-0.15, -0.1) is 11.3 Å². The maximum absolute atomic E-state index is 12.6. The minimum atomic E-state index is -0.171. The maximum atomic E-state index is 12.6. The zero-order valence-corrected chi connectivity index (χ0v) is 14.0. The van der Waals surface area contributed by atoms with Crippen LogP contribution in [0.4, 0.5) is 0 Å². The number of hydrogen-bond acceptors (Lipinski definition) is 5. The molecule has 124 valence electrons. The van der Waals surface area contributed by atoms with Crippen molar-refractivity contribution in [1.29, 1.82) is 0 Å². The Hall–Kier alpha value is -2.41. The Morgan fingerprint density at radius 2 is 2.29 bits per heavy atom. The van der Waals surface area contributed by atoms with Crippen molar-refractivity contribution >= 4 is 17.2 Å². The van der Waals surface area contributed by atoms with Crippen molar-refractivity contribution in [3.63, 3.8) is 0 Å². The van der Waals surface area contributed by atoms with Crippen molar-refractivity contribution in [2.75, 3.05) is 6.54 Å². The Kier molecular flexibility index (Phi) is 4.17. The molecule has 1 aliphatic carbocycles. The number of carbonyl (C=O) groups excluding carboxylic acids is 1. The van der Waals surface area contributed by atoms with Crippen LogP contribution in [0.5, 0.6) is 0 Å². The first-order valence-electron chi connectivity index (χ1n) is 8.11. The van der Waals surface area contributed by atoms with Crippen molar-refractivity contribution in [2.24, 2.45) is 0 Å². The highest BCUT2D eigenvalue weighted by Crippen LogP contribution is 2.25. The van der Waals surface area contributed by atoms with Gasteiger partial charge in [0.2, 0.25) is 0 Å². The van der Waals surface area contributed by atoms with E-state index < -0.39 is 0 Å². The molecule has 24 heavy (non-hydrogen) atoms. The van der Waals surface area contributed by atoms with Crippen LogP contribution in [0.2, 0.25) is 0 Å². The SMILES string of the molecule is O=C(NCC(c1cccs1)n1cccn1)c1noc2c1CCCC2. The number of hydrogen-bond donors (Lipinski definition) is 1. The van der Waals surface area contributed by atoms with Crippen LogP contribution in [0.1, 0.15) is 45.6 Å². The van der Waals surface area contributed by atoms with E-state index in [1.54, 1.807) is 17.5 Å². The smallest absolute Gasteiger partial charge is 0.273 e. The number of amides is 1. The van der Waals surface area contributed by atoms with E-state index in [2.05, 4.69) is 21.6 Å². The fourth-order valence-corrected chi connectivity index (χ4v) is 3.93. The molecule has 4 rings (SSSR count). The van der Waals surface area contributed by atoms with Crippen molar-refractivity contribution in [3.05, 3.63) is 57.9 Å². The van der Waals surface area contributed by atoms with Gasteiger partial charge in [0.25, 0.3) is 5.91 Å². The molecular formula is C17H18N4O2S. The molecular weight excluding hydrogens is 324 g/mol. The van der Waals surface area contributed by atoms with Gasteiger partial charge in [0.05, 0.1) is 0 Å². The molecule has 6 nitrogen and oxygen atoms in total. The first kappa shape index (κ1) is 15.1. The minimum absolute atomic E-state index is 0.0216. The molecule has 3 aromatic rings. The fraction of sp³-hybridized carbons (Fsp3) is 0.353. The summed E-state index contributed by atoms with van der Waals surface area (Å²) in [5.41, 5.74) is 1.42. The van der Waals surface area contributed by atoms with Crippen LogP contribution >= 0.6 is 11.3 Å². The van der Waals surface area contributed by atoms with Crippen molar-refractivity contribution < 1.29 is 9.32 Å². The fourth-order valence-electron chi connectivity index (χ4n) is 3.11. The molecule has 0 saturated heterocycles. The summed E-state index contributed by atoms with van der Waals surface area (Å²) >= 11 is 1.65. The highest BCUT2D eigenvalue weighted by atomic mass is 32.1. The predicted octanol–water partition coefficient (Wildman–Crippen LogP) is 2.83. The number of rotatable bonds is 5. The lowest BCUT2D eigenvalue weighted by Crippen LogP contribution is -2.32. The maximum Gasteiger partial charge on any atom is 0.273 e. The van der Waals surface area contributed by atoms with E-state index in [0.717, 1.165) is 41.9 Å². The number of nitrogens with zero attached hydrogens (tertiary/aromatic N) is 3. The van der Waals surface area contributed by atoms with Crippen LogP contribution in [-0.4, -0.2) is 27.4 Å². The van der Waals surface area contributed by atoms with Gasteiger partial charge in [0, 0.05) is 35.8 Å². The monoisotopic (exact) mass is 342 g/mol. The summed E-state index contributed by atoms with van der Waals surface area (Å²) < 4.78 is 7.20. The lowest BCUT2D eigenvalue weighted by Gasteiger charge is -2.17. The van der Waals surface area contributed by atoms with Gasteiger partial charge in [-0.2, -0.15) is 5.10 Å². The van der Waals surface area contributed by atoms with E-state index in [1.807, 2.05) is 28.4 Å². The Bertz CT molecular complexity index is 774. The van der Waals surface area contributed by atoms with Crippen LogP contribution in [-0.2, 0) is 12.8 Å². The molecule has 3 heterocycles. The number of nitrogens with one attached hydrogen (secondary N) is 1. The van der Waals surface area contributed by atoms with Crippen molar-refractivity contribution in [1.82, 2.24) is 20.3 Å². The molecule has 1 N–H and O–H groups in total. The molecule has 1 atom stereocenters. The summed E-state index contributed by atoms with van der Waals surface area (Å²) in [7, 11) is 0. The zero-order chi connectivity index (χ0) is 16.4. The van der Waals surface area contributed by atoms with Gasteiger partial charge in [-0.25, -0.2) is 0 Å². The summed E-state index contributed by atoms with van der Waals surface area (Å²) in [4.78, 5) is 13.7. The molecule has 0 bridgehead atoms. The van der Waals surface area contributed by atoms with E-state index >= 15 is 0 Å². The van der Waals surface area contributed by atoms with E-state index in [0.29, 0.717) is 12.2 Å². The van der Waals surface area contributed by atoms with Gasteiger partial charge in [0.1, 0.15) is 11.8 Å². The lowest BCUT2D eigenvalue weighted by molar-refractivity contribution is 0.0939. The van der Waals surface area contributed by atoms with Gasteiger partial charge < -0.3 is 9.84 Å².